The third kappa shape index (κ3) is 2.74. The highest BCUT2D eigenvalue weighted by Crippen LogP contribution is 2.52. The third-order valence-electron chi connectivity index (χ3n) is 4.96. The Morgan fingerprint density at radius 1 is 1.55 bits per heavy atom. The van der Waals surface area contributed by atoms with E-state index in [9.17, 15) is 9.90 Å². The molecule has 5 heteroatoms. The van der Waals surface area contributed by atoms with E-state index in [2.05, 4.69) is 10.3 Å². The largest absolute Gasteiger partial charge is 0.396 e. The number of hydrogen-bond acceptors (Lipinski definition) is 4. The number of fused-ring (bicyclic) bond motifs is 2. The quantitative estimate of drug-likeness (QED) is 0.897. The number of rotatable bonds is 4. The second kappa shape index (κ2) is 5.82. The van der Waals surface area contributed by atoms with Crippen molar-refractivity contribution in [1.29, 1.82) is 0 Å². The van der Waals surface area contributed by atoms with Gasteiger partial charge >= 0.3 is 0 Å². The fraction of sp³-hybridized carbons (Fsp3) is 0.733. The molecule has 0 spiro atoms. The predicted molar refractivity (Wildman–Crippen MR) is 79.6 cm³/mol. The zero-order chi connectivity index (χ0) is 14.0. The Hall–Kier alpha value is -0.940. The van der Waals surface area contributed by atoms with Crippen molar-refractivity contribution < 1.29 is 9.90 Å². The molecule has 1 aromatic rings. The van der Waals surface area contributed by atoms with E-state index < -0.39 is 0 Å². The zero-order valence-corrected chi connectivity index (χ0v) is 12.5. The molecule has 0 radical (unpaired) electrons. The number of nitrogens with one attached hydrogen (secondary N) is 1. The van der Waals surface area contributed by atoms with Crippen LogP contribution in [-0.4, -0.2) is 22.6 Å². The summed E-state index contributed by atoms with van der Waals surface area (Å²) in [4.78, 5) is 16.9. The van der Waals surface area contributed by atoms with Gasteiger partial charge in [-0.15, -0.1) is 11.3 Å². The van der Waals surface area contributed by atoms with Crippen molar-refractivity contribution in [2.75, 3.05) is 11.9 Å². The summed E-state index contributed by atoms with van der Waals surface area (Å²) in [5.74, 6) is 1.32. The molecular weight excluding hydrogens is 272 g/mol. The number of hydrogen-bond donors (Lipinski definition) is 2. The summed E-state index contributed by atoms with van der Waals surface area (Å²) in [6, 6.07) is 0. The molecule has 2 fully saturated rings. The molecule has 3 unspecified atom stereocenters. The minimum absolute atomic E-state index is 0.153. The Morgan fingerprint density at radius 3 is 3.20 bits per heavy atom. The normalized spacial score (nSPS) is 32.9. The molecule has 2 bridgehead atoms. The van der Waals surface area contributed by atoms with Gasteiger partial charge in [-0.05, 0) is 43.9 Å². The fourth-order valence-corrected chi connectivity index (χ4v) is 4.72. The summed E-state index contributed by atoms with van der Waals surface area (Å²) in [5, 5.41) is 14.8. The molecule has 1 heterocycles. The number of thiazole rings is 1. The van der Waals surface area contributed by atoms with Crippen LogP contribution in [0.2, 0.25) is 0 Å². The summed E-state index contributed by atoms with van der Waals surface area (Å²) in [5.41, 5.74) is -0.216. The van der Waals surface area contributed by atoms with E-state index in [1.165, 1.54) is 24.2 Å². The second-order valence-corrected chi connectivity index (χ2v) is 7.25. The Kier molecular flexibility index (Phi) is 4.08. The number of carbonyl (C=O) groups is 1. The highest BCUT2D eigenvalue weighted by atomic mass is 32.1. The van der Waals surface area contributed by atoms with E-state index in [4.69, 9.17) is 0 Å². The molecule has 0 aromatic carbocycles. The van der Waals surface area contributed by atoms with Crippen LogP contribution in [0.1, 0.15) is 44.9 Å². The van der Waals surface area contributed by atoms with E-state index in [1.807, 2.05) is 5.38 Å². The summed E-state index contributed by atoms with van der Waals surface area (Å²) in [6.07, 6.45) is 9.08. The molecule has 4 nitrogen and oxygen atoms in total. The van der Waals surface area contributed by atoms with Gasteiger partial charge in [0.05, 0.1) is 5.41 Å². The first-order valence-electron chi connectivity index (χ1n) is 7.54. The average molecular weight is 294 g/mol. The van der Waals surface area contributed by atoms with Crippen LogP contribution in [-0.2, 0) is 4.79 Å². The van der Waals surface area contributed by atoms with E-state index in [0.717, 1.165) is 32.1 Å². The number of amides is 1. The first kappa shape index (κ1) is 14.0. The van der Waals surface area contributed by atoms with Gasteiger partial charge in [-0.3, -0.25) is 4.79 Å². The van der Waals surface area contributed by atoms with Gasteiger partial charge in [0.15, 0.2) is 5.13 Å². The minimum Gasteiger partial charge on any atom is -0.396 e. The number of anilines is 1. The summed E-state index contributed by atoms with van der Waals surface area (Å²) in [7, 11) is 0. The highest BCUT2D eigenvalue weighted by molar-refractivity contribution is 7.13. The minimum atomic E-state index is -0.216. The van der Waals surface area contributed by atoms with E-state index in [-0.39, 0.29) is 17.9 Å². The predicted octanol–water partition coefficient (Wildman–Crippen LogP) is 3.05. The molecule has 1 amide bonds. The van der Waals surface area contributed by atoms with Crippen LogP contribution in [0.4, 0.5) is 5.13 Å². The van der Waals surface area contributed by atoms with Crippen molar-refractivity contribution in [1.82, 2.24) is 4.98 Å². The SMILES string of the molecule is O=C(Nc1nccs1)C12CCCC(CC(CCO)C1)C2. The van der Waals surface area contributed by atoms with Crippen molar-refractivity contribution in [2.24, 2.45) is 17.3 Å². The molecule has 0 saturated heterocycles. The first-order valence-corrected chi connectivity index (χ1v) is 8.42. The molecule has 2 saturated carbocycles. The summed E-state index contributed by atoms with van der Waals surface area (Å²) in [6.45, 7) is 0.238. The number of aliphatic hydroxyl groups excluding tert-OH is 1. The van der Waals surface area contributed by atoms with Crippen LogP contribution in [0.3, 0.4) is 0 Å². The van der Waals surface area contributed by atoms with Crippen LogP contribution in [0, 0.1) is 17.3 Å². The maximum absolute atomic E-state index is 12.7. The number of nitrogens with zero attached hydrogens (tertiary/aromatic N) is 1. The lowest BCUT2D eigenvalue weighted by Crippen LogP contribution is -2.45. The number of aliphatic hydroxyl groups is 1. The van der Waals surface area contributed by atoms with Crippen molar-refractivity contribution in [2.45, 2.75) is 44.9 Å². The standard InChI is InChI=1S/C15H22N2O2S/c18-6-3-12-8-11-2-1-4-15(9-11,10-12)13(19)17-14-16-5-7-20-14/h5,7,11-12,18H,1-4,6,8-10H2,(H,16,17,19). The Morgan fingerprint density at radius 2 is 2.45 bits per heavy atom. The van der Waals surface area contributed by atoms with Crippen LogP contribution < -0.4 is 5.32 Å². The Balaban J connectivity index is 1.75. The van der Waals surface area contributed by atoms with Crippen LogP contribution in [0.15, 0.2) is 11.6 Å². The Labute approximate surface area is 123 Å². The smallest absolute Gasteiger partial charge is 0.232 e. The van der Waals surface area contributed by atoms with Gasteiger partial charge in [0.1, 0.15) is 0 Å². The maximum Gasteiger partial charge on any atom is 0.232 e. The topological polar surface area (TPSA) is 62.2 Å². The molecule has 1 aromatic heterocycles. The van der Waals surface area contributed by atoms with Crippen molar-refractivity contribution in [3.63, 3.8) is 0 Å². The Bertz CT molecular complexity index is 462. The van der Waals surface area contributed by atoms with Gasteiger partial charge in [-0.2, -0.15) is 0 Å². The molecule has 2 aliphatic carbocycles. The molecule has 2 N–H and O–H groups in total. The highest BCUT2D eigenvalue weighted by Gasteiger charge is 2.47. The zero-order valence-electron chi connectivity index (χ0n) is 11.7. The molecular formula is C15H22N2O2S. The molecule has 2 aliphatic rings. The molecule has 110 valence electrons. The van der Waals surface area contributed by atoms with Gasteiger partial charge in [-0.1, -0.05) is 12.8 Å². The lowest BCUT2D eigenvalue weighted by atomic mass is 9.58. The van der Waals surface area contributed by atoms with Gasteiger partial charge in [0, 0.05) is 18.2 Å². The van der Waals surface area contributed by atoms with Crippen LogP contribution in [0.25, 0.3) is 0 Å². The number of aromatic nitrogens is 1. The van der Waals surface area contributed by atoms with Gasteiger partial charge in [-0.25, -0.2) is 4.98 Å². The van der Waals surface area contributed by atoms with Gasteiger partial charge in [0.2, 0.25) is 5.91 Å². The van der Waals surface area contributed by atoms with Crippen molar-refractivity contribution in [3.8, 4) is 0 Å². The maximum atomic E-state index is 12.7. The van der Waals surface area contributed by atoms with Crippen LogP contribution in [0.5, 0.6) is 0 Å². The average Bonchev–Trinajstić information content (AvgIpc) is 2.91. The third-order valence-corrected chi connectivity index (χ3v) is 5.65. The number of carbonyl (C=O) groups excluding carboxylic acids is 1. The lowest BCUT2D eigenvalue weighted by molar-refractivity contribution is -0.132. The fourth-order valence-electron chi connectivity index (χ4n) is 4.20. The van der Waals surface area contributed by atoms with Gasteiger partial charge in [0.25, 0.3) is 0 Å². The molecule has 3 atom stereocenters. The molecule has 0 aliphatic heterocycles. The van der Waals surface area contributed by atoms with E-state index in [0.29, 0.717) is 17.0 Å². The molecule has 20 heavy (non-hydrogen) atoms. The van der Waals surface area contributed by atoms with Crippen molar-refractivity contribution in [3.05, 3.63) is 11.6 Å². The van der Waals surface area contributed by atoms with E-state index in [1.54, 1.807) is 6.20 Å². The van der Waals surface area contributed by atoms with E-state index >= 15 is 0 Å². The molecule has 3 rings (SSSR count). The van der Waals surface area contributed by atoms with Gasteiger partial charge < -0.3 is 10.4 Å². The lowest BCUT2D eigenvalue weighted by Gasteiger charge is -2.47. The summed E-state index contributed by atoms with van der Waals surface area (Å²) < 4.78 is 0. The second-order valence-electron chi connectivity index (χ2n) is 6.35. The summed E-state index contributed by atoms with van der Waals surface area (Å²) >= 11 is 1.47. The van der Waals surface area contributed by atoms with Crippen LogP contribution >= 0.6 is 11.3 Å². The monoisotopic (exact) mass is 294 g/mol. The van der Waals surface area contributed by atoms with Crippen molar-refractivity contribution >= 4 is 22.4 Å². The first-order chi connectivity index (χ1) is 9.72.